The van der Waals surface area contributed by atoms with Crippen molar-refractivity contribution < 1.29 is 14.2 Å². The number of hydrogen-bond donors (Lipinski definition) is 2. The lowest BCUT2D eigenvalue weighted by Crippen LogP contribution is -2.38. The molecule has 2 unspecified atom stereocenters. The summed E-state index contributed by atoms with van der Waals surface area (Å²) in [6, 6.07) is 5.37. The smallest absolute Gasteiger partial charge is 0.123 e. The van der Waals surface area contributed by atoms with Crippen LogP contribution in [0.2, 0.25) is 0 Å². The van der Waals surface area contributed by atoms with Crippen molar-refractivity contribution in [3.8, 4) is 0 Å². The molecule has 0 spiro atoms. The maximum Gasteiger partial charge on any atom is 0.123 e. The number of aryl methyl sites for hydroxylation is 1. The lowest BCUT2D eigenvalue weighted by molar-refractivity contribution is 0.121. The van der Waals surface area contributed by atoms with Gasteiger partial charge < -0.3 is 15.2 Å². The van der Waals surface area contributed by atoms with E-state index in [4.69, 9.17) is 4.74 Å². The van der Waals surface area contributed by atoms with Crippen LogP contribution >= 0.6 is 0 Å². The highest BCUT2D eigenvalue weighted by atomic mass is 19.1. The normalized spacial score (nSPS) is 28.6. The Bertz CT molecular complexity index is 486. The van der Waals surface area contributed by atoms with Gasteiger partial charge in [-0.25, -0.2) is 4.39 Å². The SMILES string of the molecule is OCCC1(CNC2CCCc3ccc(F)cc32)CCOC1. The summed E-state index contributed by atoms with van der Waals surface area (Å²) in [7, 11) is 0. The van der Waals surface area contributed by atoms with E-state index in [-0.39, 0.29) is 23.9 Å². The maximum absolute atomic E-state index is 13.5. The summed E-state index contributed by atoms with van der Waals surface area (Å²) in [5, 5.41) is 12.9. The second kappa shape index (κ2) is 6.42. The van der Waals surface area contributed by atoms with Crippen molar-refractivity contribution in [2.45, 2.75) is 38.1 Å². The van der Waals surface area contributed by atoms with Crippen molar-refractivity contribution >= 4 is 0 Å². The number of fused-ring (bicyclic) bond motifs is 1. The predicted octanol–water partition coefficient (Wildman–Crippen LogP) is 2.58. The van der Waals surface area contributed by atoms with Crippen molar-refractivity contribution in [3.63, 3.8) is 0 Å². The Labute approximate surface area is 125 Å². The molecule has 2 aliphatic rings. The van der Waals surface area contributed by atoms with Gasteiger partial charge in [-0.3, -0.25) is 0 Å². The first-order chi connectivity index (χ1) is 10.2. The molecule has 3 nitrogen and oxygen atoms in total. The van der Waals surface area contributed by atoms with Gasteiger partial charge in [0, 0.05) is 31.2 Å². The number of ether oxygens (including phenoxy) is 1. The van der Waals surface area contributed by atoms with Gasteiger partial charge in [-0.05, 0) is 55.4 Å². The number of hydrogen-bond acceptors (Lipinski definition) is 3. The minimum absolute atomic E-state index is 0.0414. The largest absolute Gasteiger partial charge is 0.396 e. The van der Waals surface area contributed by atoms with Crippen LogP contribution in [0.4, 0.5) is 4.39 Å². The first kappa shape index (κ1) is 14.9. The Morgan fingerprint density at radius 2 is 2.33 bits per heavy atom. The monoisotopic (exact) mass is 293 g/mol. The minimum atomic E-state index is -0.156. The van der Waals surface area contributed by atoms with Gasteiger partial charge in [0.05, 0.1) is 6.61 Å². The molecule has 1 aromatic rings. The fourth-order valence-electron chi connectivity index (χ4n) is 3.63. The van der Waals surface area contributed by atoms with Gasteiger partial charge in [-0.15, -0.1) is 0 Å². The molecule has 21 heavy (non-hydrogen) atoms. The third-order valence-electron chi connectivity index (χ3n) is 4.97. The van der Waals surface area contributed by atoms with Gasteiger partial charge in [0.25, 0.3) is 0 Å². The zero-order valence-corrected chi connectivity index (χ0v) is 12.4. The zero-order chi connectivity index (χ0) is 14.7. The van der Waals surface area contributed by atoms with E-state index < -0.39 is 0 Å². The van der Waals surface area contributed by atoms with Gasteiger partial charge in [0.2, 0.25) is 0 Å². The van der Waals surface area contributed by atoms with Crippen LogP contribution in [0.25, 0.3) is 0 Å². The second-order valence-corrected chi connectivity index (χ2v) is 6.45. The molecule has 1 aliphatic heterocycles. The van der Waals surface area contributed by atoms with Crippen LogP contribution in [0.5, 0.6) is 0 Å². The highest BCUT2D eigenvalue weighted by Gasteiger charge is 2.35. The van der Waals surface area contributed by atoms with Gasteiger partial charge >= 0.3 is 0 Å². The van der Waals surface area contributed by atoms with E-state index in [9.17, 15) is 9.50 Å². The van der Waals surface area contributed by atoms with Crippen LogP contribution in [-0.4, -0.2) is 31.5 Å². The molecule has 1 aliphatic carbocycles. The number of aliphatic hydroxyl groups excluding tert-OH is 1. The summed E-state index contributed by atoms with van der Waals surface area (Å²) >= 11 is 0. The van der Waals surface area contributed by atoms with Crippen LogP contribution in [0.15, 0.2) is 18.2 Å². The molecular formula is C17H24FNO2. The Balaban J connectivity index is 1.70. The molecule has 0 radical (unpaired) electrons. The molecule has 1 saturated heterocycles. The first-order valence-electron chi connectivity index (χ1n) is 7.93. The number of aliphatic hydroxyl groups is 1. The van der Waals surface area contributed by atoms with Crippen LogP contribution < -0.4 is 5.32 Å². The Hall–Kier alpha value is -0.970. The Kier molecular flexibility index (Phi) is 4.57. The van der Waals surface area contributed by atoms with Gasteiger partial charge in [-0.1, -0.05) is 6.07 Å². The van der Waals surface area contributed by atoms with E-state index >= 15 is 0 Å². The molecule has 1 aromatic carbocycles. The standard InChI is InChI=1S/C17H24FNO2/c18-14-5-4-13-2-1-3-16(15(13)10-14)19-11-17(6-8-20)7-9-21-12-17/h4-5,10,16,19-20H,1-3,6-9,11-12H2. The van der Waals surface area contributed by atoms with Crippen molar-refractivity contribution in [1.29, 1.82) is 0 Å². The van der Waals surface area contributed by atoms with Crippen molar-refractivity contribution in [2.24, 2.45) is 5.41 Å². The molecule has 2 N–H and O–H groups in total. The van der Waals surface area contributed by atoms with E-state index in [2.05, 4.69) is 5.32 Å². The topological polar surface area (TPSA) is 41.5 Å². The molecule has 0 amide bonds. The van der Waals surface area contributed by atoms with Crippen LogP contribution in [0.1, 0.15) is 42.9 Å². The summed E-state index contributed by atoms with van der Waals surface area (Å²) in [5.74, 6) is -0.156. The predicted molar refractivity (Wildman–Crippen MR) is 79.7 cm³/mol. The summed E-state index contributed by atoms with van der Waals surface area (Å²) in [4.78, 5) is 0. The average molecular weight is 293 g/mol. The number of halogens is 1. The van der Waals surface area contributed by atoms with E-state index in [1.54, 1.807) is 12.1 Å². The molecule has 3 rings (SSSR count). The summed E-state index contributed by atoms with van der Waals surface area (Å²) in [6.45, 7) is 2.51. The minimum Gasteiger partial charge on any atom is -0.396 e. The third kappa shape index (κ3) is 3.28. The Morgan fingerprint density at radius 3 is 3.10 bits per heavy atom. The maximum atomic E-state index is 13.5. The molecule has 4 heteroatoms. The number of nitrogens with one attached hydrogen (secondary N) is 1. The average Bonchev–Trinajstić information content (AvgIpc) is 2.94. The van der Waals surface area contributed by atoms with Crippen molar-refractivity contribution in [2.75, 3.05) is 26.4 Å². The first-order valence-corrected chi connectivity index (χ1v) is 7.93. The van der Waals surface area contributed by atoms with Gasteiger partial charge in [0.15, 0.2) is 0 Å². The molecule has 1 fully saturated rings. The second-order valence-electron chi connectivity index (χ2n) is 6.45. The molecule has 116 valence electrons. The number of benzene rings is 1. The molecular weight excluding hydrogens is 269 g/mol. The summed E-state index contributed by atoms with van der Waals surface area (Å²) < 4.78 is 19.1. The number of rotatable bonds is 5. The molecule has 0 saturated carbocycles. The summed E-state index contributed by atoms with van der Waals surface area (Å²) in [5.41, 5.74) is 2.41. The van der Waals surface area contributed by atoms with E-state index in [0.717, 1.165) is 50.8 Å². The molecule has 2 atom stereocenters. The van der Waals surface area contributed by atoms with E-state index in [0.29, 0.717) is 6.61 Å². The van der Waals surface area contributed by atoms with Crippen LogP contribution in [0.3, 0.4) is 0 Å². The van der Waals surface area contributed by atoms with Gasteiger partial charge in [0.1, 0.15) is 5.82 Å². The highest BCUT2D eigenvalue weighted by molar-refractivity contribution is 5.32. The van der Waals surface area contributed by atoms with Crippen molar-refractivity contribution in [3.05, 3.63) is 35.1 Å². The molecule has 0 aromatic heterocycles. The van der Waals surface area contributed by atoms with Crippen LogP contribution in [0, 0.1) is 11.2 Å². The lowest BCUT2D eigenvalue weighted by Gasteiger charge is -2.32. The summed E-state index contributed by atoms with van der Waals surface area (Å²) in [6.07, 6.45) is 4.98. The third-order valence-corrected chi connectivity index (χ3v) is 4.97. The quantitative estimate of drug-likeness (QED) is 0.877. The van der Waals surface area contributed by atoms with Crippen molar-refractivity contribution in [1.82, 2.24) is 5.32 Å². The Morgan fingerprint density at radius 1 is 1.43 bits per heavy atom. The van der Waals surface area contributed by atoms with E-state index in [1.165, 1.54) is 5.56 Å². The van der Waals surface area contributed by atoms with Gasteiger partial charge in [-0.2, -0.15) is 0 Å². The van der Waals surface area contributed by atoms with Crippen LogP contribution in [-0.2, 0) is 11.2 Å². The fourth-order valence-corrected chi connectivity index (χ4v) is 3.63. The lowest BCUT2D eigenvalue weighted by atomic mass is 9.82. The molecule has 0 bridgehead atoms. The molecule has 1 heterocycles. The highest BCUT2D eigenvalue weighted by Crippen LogP contribution is 2.35. The fraction of sp³-hybridized carbons (Fsp3) is 0.647. The zero-order valence-electron chi connectivity index (χ0n) is 12.4. The van der Waals surface area contributed by atoms with E-state index in [1.807, 2.05) is 6.07 Å².